The van der Waals surface area contributed by atoms with E-state index in [0.29, 0.717) is 37.0 Å². The summed E-state index contributed by atoms with van der Waals surface area (Å²) in [6.45, 7) is 3.92. The number of hydrogen-bond acceptors (Lipinski definition) is 4. The van der Waals surface area contributed by atoms with Gasteiger partial charge >= 0.3 is 6.03 Å². The molecule has 5 rings (SSSR count). The number of anilines is 2. The fourth-order valence-electron chi connectivity index (χ4n) is 4.02. The van der Waals surface area contributed by atoms with Crippen molar-refractivity contribution in [3.63, 3.8) is 0 Å². The van der Waals surface area contributed by atoms with Crippen molar-refractivity contribution >= 4 is 40.0 Å². The lowest BCUT2D eigenvalue weighted by molar-refractivity contribution is 0.196. The quantitative estimate of drug-likeness (QED) is 0.616. The van der Waals surface area contributed by atoms with E-state index in [0.717, 1.165) is 35.5 Å². The van der Waals surface area contributed by atoms with Gasteiger partial charge in [-0.05, 0) is 24.3 Å². The molecule has 0 N–H and O–H groups in total. The monoisotopic (exact) mass is 411 g/mol. The van der Waals surface area contributed by atoms with E-state index in [9.17, 15) is 4.79 Å². The zero-order valence-corrected chi connectivity index (χ0v) is 17.0. The second-order valence-corrected chi connectivity index (χ2v) is 7.83. The number of urea groups is 1. The fourth-order valence-corrected chi connectivity index (χ4v) is 4.18. The summed E-state index contributed by atoms with van der Waals surface area (Å²) in [6, 6.07) is 9.62. The third-order valence-corrected chi connectivity index (χ3v) is 5.89. The number of hydrogen-bond donors (Lipinski definition) is 0. The molecule has 0 bridgehead atoms. The molecule has 7 nitrogen and oxygen atoms in total. The Labute approximate surface area is 174 Å². The smallest absolute Gasteiger partial charge is 0.324 e. The van der Waals surface area contributed by atoms with Gasteiger partial charge in [-0.25, -0.2) is 4.79 Å². The number of amides is 2. The van der Waals surface area contributed by atoms with Gasteiger partial charge in [-0.3, -0.25) is 9.88 Å². The lowest BCUT2D eigenvalue weighted by Crippen LogP contribution is -2.54. The number of halogens is 1. The van der Waals surface area contributed by atoms with Crippen LogP contribution in [0.1, 0.15) is 0 Å². The summed E-state index contributed by atoms with van der Waals surface area (Å²) in [5, 5.41) is 0.607. The maximum Gasteiger partial charge on any atom is 0.324 e. The molecule has 3 aromatic rings. The Kier molecular flexibility index (Phi) is 4.47. The maximum atomic E-state index is 13.2. The van der Waals surface area contributed by atoms with Gasteiger partial charge in [0.15, 0.2) is 0 Å². The van der Waals surface area contributed by atoms with Crippen molar-refractivity contribution in [3.05, 3.63) is 47.7 Å². The van der Waals surface area contributed by atoms with Crippen molar-refractivity contribution < 1.29 is 9.53 Å². The number of pyridine rings is 1. The molecule has 1 aromatic carbocycles. The van der Waals surface area contributed by atoms with Gasteiger partial charge in [0.25, 0.3) is 0 Å². The second kappa shape index (κ2) is 7.15. The topological polar surface area (TPSA) is 53.8 Å². The number of rotatable bonds is 1. The van der Waals surface area contributed by atoms with Crippen LogP contribution in [0.15, 0.2) is 42.7 Å². The molecule has 150 valence electrons. The zero-order valence-electron chi connectivity index (χ0n) is 16.2. The Balaban J connectivity index is 1.29. The lowest BCUT2D eigenvalue weighted by Gasteiger charge is -2.39. The van der Waals surface area contributed by atoms with E-state index in [-0.39, 0.29) is 6.03 Å². The Bertz CT molecular complexity index is 1070. The van der Waals surface area contributed by atoms with E-state index in [4.69, 9.17) is 16.3 Å². The Morgan fingerprint density at radius 3 is 2.76 bits per heavy atom. The van der Waals surface area contributed by atoms with Crippen LogP contribution in [0.5, 0.6) is 5.75 Å². The largest absolute Gasteiger partial charge is 0.489 e. The summed E-state index contributed by atoms with van der Waals surface area (Å²) in [5.74, 6) is 0.665. The minimum atomic E-state index is 0.0209. The number of aryl methyl sites for hydroxylation is 1. The predicted octanol–water partition coefficient (Wildman–Crippen LogP) is 3.37. The summed E-state index contributed by atoms with van der Waals surface area (Å²) >= 11 is 6.06. The van der Waals surface area contributed by atoms with Crippen LogP contribution in [-0.4, -0.2) is 59.8 Å². The molecular formula is C21H22ClN5O2. The highest BCUT2D eigenvalue weighted by molar-refractivity contribution is 6.30. The van der Waals surface area contributed by atoms with Crippen LogP contribution in [0, 0.1) is 0 Å². The summed E-state index contributed by atoms with van der Waals surface area (Å²) in [7, 11) is 2.03. The first-order valence-electron chi connectivity index (χ1n) is 9.75. The van der Waals surface area contributed by atoms with E-state index in [1.807, 2.05) is 36.5 Å². The number of benzene rings is 1. The Morgan fingerprint density at radius 2 is 1.93 bits per heavy atom. The number of aromatic nitrogens is 2. The molecule has 0 saturated carbocycles. The van der Waals surface area contributed by atoms with Gasteiger partial charge in [-0.15, -0.1) is 0 Å². The summed E-state index contributed by atoms with van der Waals surface area (Å²) < 4.78 is 7.75. The van der Waals surface area contributed by atoms with Crippen LogP contribution in [0.3, 0.4) is 0 Å². The van der Waals surface area contributed by atoms with Crippen molar-refractivity contribution in [3.8, 4) is 5.75 Å². The van der Waals surface area contributed by atoms with Crippen molar-refractivity contribution in [1.29, 1.82) is 0 Å². The van der Waals surface area contributed by atoms with Crippen LogP contribution in [0.25, 0.3) is 11.0 Å². The third kappa shape index (κ3) is 3.25. The highest BCUT2D eigenvalue weighted by Crippen LogP contribution is 2.34. The molecule has 0 aliphatic carbocycles. The predicted molar refractivity (Wildman–Crippen MR) is 114 cm³/mol. The van der Waals surface area contributed by atoms with E-state index < -0.39 is 0 Å². The van der Waals surface area contributed by atoms with Gasteiger partial charge in [-0.1, -0.05) is 11.6 Å². The number of fused-ring (bicyclic) bond motifs is 2. The molecule has 0 spiro atoms. The number of piperazine rings is 1. The summed E-state index contributed by atoms with van der Waals surface area (Å²) in [6.07, 6.45) is 3.94. The average Bonchev–Trinajstić information content (AvgIpc) is 3.13. The van der Waals surface area contributed by atoms with Crippen molar-refractivity contribution in [2.45, 2.75) is 0 Å². The molecule has 29 heavy (non-hydrogen) atoms. The van der Waals surface area contributed by atoms with E-state index in [1.54, 1.807) is 17.0 Å². The van der Waals surface area contributed by atoms with E-state index in [2.05, 4.69) is 20.5 Å². The van der Waals surface area contributed by atoms with Gasteiger partial charge in [0.2, 0.25) is 0 Å². The number of ether oxygens (including phenoxy) is 1. The summed E-state index contributed by atoms with van der Waals surface area (Å²) in [4.78, 5) is 23.7. The van der Waals surface area contributed by atoms with Crippen LogP contribution >= 0.6 is 11.6 Å². The molecule has 0 unspecified atom stereocenters. The lowest BCUT2D eigenvalue weighted by atomic mass is 10.2. The van der Waals surface area contributed by atoms with Gasteiger partial charge in [0, 0.05) is 50.5 Å². The summed E-state index contributed by atoms with van der Waals surface area (Å²) in [5.41, 5.74) is 3.99. The Hall–Kier alpha value is -2.93. The van der Waals surface area contributed by atoms with Crippen molar-refractivity contribution in [2.75, 3.05) is 49.1 Å². The van der Waals surface area contributed by atoms with Crippen LogP contribution in [0.2, 0.25) is 5.02 Å². The highest BCUT2D eigenvalue weighted by atomic mass is 35.5. The average molecular weight is 412 g/mol. The molecule has 2 aliphatic heterocycles. The standard InChI is InChI=1S/C21H22ClN5O2/c1-24-5-4-17-19(24)13-16(14-23-17)25-6-8-26(9-7-25)21(28)27-10-11-29-20-12-15(22)2-3-18(20)27/h2-5,12-14H,6-11H2,1H3. The molecule has 1 saturated heterocycles. The number of nitrogens with zero attached hydrogens (tertiary/aromatic N) is 5. The van der Waals surface area contributed by atoms with E-state index >= 15 is 0 Å². The van der Waals surface area contributed by atoms with Crippen molar-refractivity contribution in [2.24, 2.45) is 7.05 Å². The molecule has 2 aromatic heterocycles. The minimum Gasteiger partial charge on any atom is -0.489 e. The van der Waals surface area contributed by atoms with E-state index in [1.165, 1.54) is 0 Å². The first-order chi connectivity index (χ1) is 14.1. The molecule has 0 radical (unpaired) electrons. The SMILES string of the molecule is Cn1ccc2ncc(N3CCN(C(=O)N4CCOc5cc(Cl)ccc54)CC3)cc21. The van der Waals surface area contributed by atoms with Crippen LogP contribution in [-0.2, 0) is 7.05 Å². The molecule has 2 amide bonds. The van der Waals surface area contributed by atoms with Gasteiger partial charge in [0.05, 0.1) is 35.1 Å². The van der Waals surface area contributed by atoms with Crippen LogP contribution < -0.4 is 14.5 Å². The number of carbonyl (C=O) groups is 1. The minimum absolute atomic E-state index is 0.0209. The fraction of sp³-hybridized carbons (Fsp3) is 0.333. The molecule has 1 fully saturated rings. The first-order valence-corrected chi connectivity index (χ1v) is 10.1. The normalized spacial score (nSPS) is 16.7. The molecular weight excluding hydrogens is 390 g/mol. The zero-order chi connectivity index (χ0) is 20.0. The first kappa shape index (κ1) is 18.1. The van der Waals surface area contributed by atoms with Crippen LogP contribution in [0.4, 0.5) is 16.2 Å². The maximum absolute atomic E-state index is 13.2. The molecule has 4 heterocycles. The van der Waals surface area contributed by atoms with Gasteiger partial charge in [0.1, 0.15) is 12.4 Å². The molecule has 8 heteroatoms. The highest BCUT2D eigenvalue weighted by Gasteiger charge is 2.30. The Morgan fingerprint density at radius 1 is 1.10 bits per heavy atom. The number of carbonyl (C=O) groups excluding carboxylic acids is 1. The molecule has 0 atom stereocenters. The van der Waals surface area contributed by atoms with Gasteiger partial charge in [-0.2, -0.15) is 0 Å². The third-order valence-electron chi connectivity index (χ3n) is 5.65. The second-order valence-electron chi connectivity index (χ2n) is 7.39. The van der Waals surface area contributed by atoms with Gasteiger partial charge < -0.3 is 19.1 Å². The van der Waals surface area contributed by atoms with Crippen molar-refractivity contribution in [1.82, 2.24) is 14.5 Å². The molecule has 2 aliphatic rings.